The highest BCUT2D eigenvalue weighted by molar-refractivity contribution is 5.84. The van der Waals surface area contributed by atoms with Crippen molar-refractivity contribution in [3.8, 4) is 11.5 Å². The van der Waals surface area contributed by atoms with Gasteiger partial charge in [0, 0.05) is 18.5 Å². The Labute approximate surface area is 175 Å². The molecule has 6 heteroatoms. The van der Waals surface area contributed by atoms with Crippen molar-refractivity contribution in [3.05, 3.63) is 23.8 Å². The van der Waals surface area contributed by atoms with Gasteiger partial charge in [0.2, 0.25) is 11.8 Å². The molecular weight excluding hydrogens is 368 g/mol. The molecule has 2 N–H and O–H groups in total. The molecule has 1 aromatic carbocycles. The zero-order chi connectivity index (χ0) is 21.3. The van der Waals surface area contributed by atoms with E-state index in [9.17, 15) is 9.59 Å². The summed E-state index contributed by atoms with van der Waals surface area (Å²) in [5.74, 6) is 0.926. The average molecular weight is 407 g/mol. The number of rotatable bonds is 16. The summed E-state index contributed by atoms with van der Waals surface area (Å²) in [6.07, 6.45) is 11.4. The lowest BCUT2D eigenvalue weighted by Gasteiger charge is -2.13. The van der Waals surface area contributed by atoms with Crippen LogP contribution in [0.15, 0.2) is 18.2 Å². The molecule has 0 aliphatic carbocycles. The van der Waals surface area contributed by atoms with Gasteiger partial charge < -0.3 is 20.1 Å². The topological polar surface area (TPSA) is 76.7 Å². The molecule has 29 heavy (non-hydrogen) atoms. The van der Waals surface area contributed by atoms with Gasteiger partial charge in [-0.2, -0.15) is 0 Å². The van der Waals surface area contributed by atoms with Gasteiger partial charge in [0.05, 0.1) is 20.8 Å². The molecule has 0 aliphatic heterocycles. The molecular formula is C23H38N2O4. The number of para-hydroxylation sites is 1. The quantitative estimate of drug-likeness (QED) is 0.400. The van der Waals surface area contributed by atoms with Crippen molar-refractivity contribution in [2.75, 3.05) is 20.8 Å². The van der Waals surface area contributed by atoms with Gasteiger partial charge in [0.15, 0.2) is 11.5 Å². The number of hydrogen-bond donors (Lipinski definition) is 2. The van der Waals surface area contributed by atoms with Gasteiger partial charge in [-0.3, -0.25) is 9.59 Å². The van der Waals surface area contributed by atoms with Crippen molar-refractivity contribution >= 4 is 11.8 Å². The van der Waals surface area contributed by atoms with Crippen LogP contribution in [0.5, 0.6) is 11.5 Å². The Hall–Kier alpha value is -2.24. The van der Waals surface area contributed by atoms with Gasteiger partial charge in [-0.25, -0.2) is 0 Å². The Kier molecular flexibility index (Phi) is 13.4. The normalized spacial score (nSPS) is 10.4. The van der Waals surface area contributed by atoms with Gasteiger partial charge >= 0.3 is 0 Å². The fourth-order valence-corrected chi connectivity index (χ4v) is 3.21. The van der Waals surface area contributed by atoms with Gasteiger partial charge in [0.25, 0.3) is 0 Å². The lowest BCUT2D eigenvalue weighted by atomic mass is 10.1. The van der Waals surface area contributed by atoms with Crippen molar-refractivity contribution in [1.29, 1.82) is 0 Å². The number of ether oxygens (including phenoxy) is 2. The summed E-state index contributed by atoms with van der Waals surface area (Å²) in [5, 5.41) is 5.48. The first-order chi connectivity index (χ1) is 14.1. The molecule has 164 valence electrons. The van der Waals surface area contributed by atoms with Gasteiger partial charge in [-0.15, -0.1) is 0 Å². The van der Waals surface area contributed by atoms with Gasteiger partial charge in [-0.05, 0) is 12.5 Å². The van der Waals surface area contributed by atoms with Crippen molar-refractivity contribution < 1.29 is 19.1 Å². The Balaban J connectivity index is 2.13. The highest BCUT2D eigenvalue weighted by atomic mass is 16.5. The van der Waals surface area contributed by atoms with Gasteiger partial charge in [0.1, 0.15) is 0 Å². The van der Waals surface area contributed by atoms with Crippen molar-refractivity contribution in [1.82, 2.24) is 10.6 Å². The maximum atomic E-state index is 12.0. The Morgan fingerprint density at radius 2 is 1.48 bits per heavy atom. The first-order valence-electron chi connectivity index (χ1n) is 10.9. The zero-order valence-electron chi connectivity index (χ0n) is 18.4. The van der Waals surface area contributed by atoms with Crippen LogP contribution in [0.3, 0.4) is 0 Å². The summed E-state index contributed by atoms with van der Waals surface area (Å²) in [6.45, 7) is 2.53. The second-order valence-corrected chi connectivity index (χ2v) is 7.28. The molecule has 0 heterocycles. The van der Waals surface area contributed by atoms with Crippen molar-refractivity contribution in [2.45, 2.75) is 77.7 Å². The Bertz CT molecular complexity index is 605. The van der Waals surface area contributed by atoms with E-state index in [1.54, 1.807) is 20.3 Å². The van der Waals surface area contributed by atoms with Crippen molar-refractivity contribution in [3.63, 3.8) is 0 Å². The number of carbonyl (C=O) groups is 2. The third-order valence-electron chi connectivity index (χ3n) is 4.91. The summed E-state index contributed by atoms with van der Waals surface area (Å²) in [6, 6.07) is 5.51. The summed E-state index contributed by atoms with van der Waals surface area (Å²) in [4.78, 5) is 23.9. The molecule has 0 aromatic heterocycles. The van der Waals surface area contributed by atoms with Crippen LogP contribution < -0.4 is 20.1 Å². The maximum absolute atomic E-state index is 12.0. The molecule has 6 nitrogen and oxygen atoms in total. The Morgan fingerprint density at radius 3 is 2.10 bits per heavy atom. The van der Waals surface area contributed by atoms with Crippen LogP contribution in [-0.2, 0) is 16.1 Å². The zero-order valence-corrected chi connectivity index (χ0v) is 18.4. The number of nitrogens with one attached hydrogen (secondary N) is 2. The average Bonchev–Trinajstić information content (AvgIpc) is 2.74. The third kappa shape index (κ3) is 10.8. The lowest BCUT2D eigenvalue weighted by molar-refractivity contribution is -0.126. The highest BCUT2D eigenvalue weighted by Crippen LogP contribution is 2.30. The minimum absolute atomic E-state index is 0.0114. The molecule has 0 radical (unpaired) electrons. The smallest absolute Gasteiger partial charge is 0.239 e. The van der Waals surface area contributed by atoms with E-state index in [4.69, 9.17) is 9.47 Å². The summed E-state index contributed by atoms with van der Waals surface area (Å²) in [5.41, 5.74) is 0.821. The maximum Gasteiger partial charge on any atom is 0.239 e. The van der Waals surface area contributed by atoms with E-state index in [2.05, 4.69) is 17.6 Å². The molecule has 0 spiro atoms. The first kappa shape index (κ1) is 24.8. The number of carbonyl (C=O) groups excluding carboxylic acids is 2. The molecule has 0 fully saturated rings. The number of benzene rings is 1. The monoisotopic (exact) mass is 406 g/mol. The third-order valence-corrected chi connectivity index (χ3v) is 4.91. The van der Waals surface area contributed by atoms with Crippen LogP contribution in [0, 0.1) is 0 Å². The number of methoxy groups -OCH3 is 2. The number of amides is 2. The van der Waals surface area contributed by atoms with Crippen LogP contribution in [0.4, 0.5) is 0 Å². The van der Waals surface area contributed by atoms with E-state index in [1.165, 1.54) is 44.9 Å². The molecule has 0 atom stereocenters. The molecule has 0 saturated carbocycles. The van der Waals surface area contributed by atoms with E-state index in [0.717, 1.165) is 18.4 Å². The van der Waals surface area contributed by atoms with Crippen LogP contribution in [-0.4, -0.2) is 32.6 Å². The summed E-state index contributed by atoms with van der Waals surface area (Å²) in [7, 11) is 3.14. The predicted octanol–water partition coefficient (Wildman–Crippen LogP) is 4.36. The minimum atomic E-state index is -0.227. The SMILES string of the molecule is CCCCCCCCCCCC(=O)NCC(=O)NCc1cccc(OC)c1OC. The molecule has 0 bridgehead atoms. The van der Waals surface area contributed by atoms with E-state index in [0.29, 0.717) is 24.5 Å². The molecule has 1 rings (SSSR count). The second-order valence-electron chi connectivity index (χ2n) is 7.28. The van der Waals surface area contributed by atoms with Gasteiger partial charge in [-0.1, -0.05) is 70.4 Å². The van der Waals surface area contributed by atoms with Crippen LogP contribution in [0.1, 0.15) is 76.7 Å². The van der Waals surface area contributed by atoms with E-state index >= 15 is 0 Å². The molecule has 0 unspecified atom stereocenters. The second kappa shape index (κ2) is 15.7. The van der Waals surface area contributed by atoms with E-state index < -0.39 is 0 Å². The van der Waals surface area contributed by atoms with Crippen LogP contribution >= 0.6 is 0 Å². The predicted molar refractivity (Wildman–Crippen MR) is 116 cm³/mol. The fraction of sp³-hybridized carbons (Fsp3) is 0.652. The largest absolute Gasteiger partial charge is 0.493 e. The van der Waals surface area contributed by atoms with Crippen molar-refractivity contribution in [2.24, 2.45) is 0 Å². The van der Waals surface area contributed by atoms with Crippen LogP contribution in [0.25, 0.3) is 0 Å². The molecule has 0 aliphatic rings. The molecule has 2 amide bonds. The molecule has 0 saturated heterocycles. The summed E-state index contributed by atoms with van der Waals surface area (Å²) >= 11 is 0. The van der Waals surface area contributed by atoms with Crippen LogP contribution in [0.2, 0.25) is 0 Å². The fourth-order valence-electron chi connectivity index (χ4n) is 3.21. The standard InChI is InChI=1S/C23H38N2O4/c1-4-5-6-7-8-9-10-11-12-16-21(26)25-18-22(27)24-17-19-14-13-15-20(28-2)23(19)29-3/h13-15H,4-12,16-18H2,1-3H3,(H,24,27)(H,25,26). The highest BCUT2D eigenvalue weighted by Gasteiger charge is 2.11. The number of unbranched alkanes of at least 4 members (excludes halogenated alkanes) is 8. The number of hydrogen-bond acceptors (Lipinski definition) is 4. The summed E-state index contributed by atoms with van der Waals surface area (Å²) < 4.78 is 10.6. The lowest BCUT2D eigenvalue weighted by Crippen LogP contribution is -2.36. The minimum Gasteiger partial charge on any atom is -0.493 e. The van der Waals surface area contributed by atoms with E-state index in [1.807, 2.05) is 12.1 Å². The Morgan fingerprint density at radius 1 is 0.828 bits per heavy atom. The molecule has 1 aromatic rings. The first-order valence-corrected chi connectivity index (χ1v) is 10.9. The van der Waals surface area contributed by atoms with E-state index in [-0.39, 0.29) is 18.4 Å².